The van der Waals surface area contributed by atoms with Gasteiger partial charge in [-0.1, -0.05) is 29.8 Å². The quantitative estimate of drug-likeness (QED) is 0.535. The number of carbonyl (C=O) groups is 3. The standard InChI is InChI=1S/C28H32N4O4/c1-18-8-9-24-22(14-18)15-23(21(4)29-24)28(35)36-17-26(34)32-12-10-31(11-13-32)16-25(33)30-27-19(2)6-5-7-20(27)3/h5-9,14-15H,10-13,16-17H2,1-4H3,(H,30,33). The molecule has 0 unspecified atom stereocenters. The summed E-state index contributed by atoms with van der Waals surface area (Å²) in [5, 5.41) is 3.86. The number of aromatic nitrogens is 1. The van der Waals surface area contributed by atoms with Crippen LogP contribution in [0.25, 0.3) is 10.9 Å². The van der Waals surface area contributed by atoms with Crippen molar-refractivity contribution in [3.05, 3.63) is 70.4 Å². The number of fused-ring (bicyclic) bond motifs is 1. The highest BCUT2D eigenvalue weighted by Crippen LogP contribution is 2.20. The first-order chi connectivity index (χ1) is 17.2. The van der Waals surface area contributed by atoms with Crippen LogP contribution in [0.15, 0.2) is 42.5 Å². The van der Waals surface area contributed by atoms with Gasteiger partial charge in [0, 0.05) is 37.3 Å². The number of carbonyl (C=O) groups excluding carboxylic acids is 3. The number of hydrogen-bond acceptors (Lipinski definition) is 6. The van der Waals surface area contributed by atoms with Crippen molar-refractivity contribution in [2.24, 2.45) is 0 Å². The molecular formula is C28H32N4O4. The van der Waals surface area contributed by atoms with Crippen LogP contribution < -0.4 is 5.32 Å². The minimum Gasteiger partial charge on any atom is -0.452 e. The minimum atomic E-state index is -0.557. The van der Waals surface area contributed by atoms with E-state index >= 15 is 0 Å². The molecule has 8 nitrogen and oxygen atoms in total. The van der Waals surface area contributed by atoms with Gasteiger partial charge >= 0.3 is 5.97 Å². The van der Waals surface area contributed by atoms with E-state index in [1.165, 1.54) is 0 Å². The topological polar surface area (TPSA) is 91.8 Å². The summed E-state index contributed by atoms with van der Waals surface area (Å²) in [5.74, 6) is -0.876. The van der Waals surface area contributed by atoms with Gasteiger partial charge < -0.3 is 15.0 Å². The summed E-state index contributed by atoms with van der Waals surface area (Å²) < 4.78 is 5.34. The lowest BCUT2D eigenvalue weighted by Gasteiger charge is -2.34. The molecule has 0 aliphatic carbocycles. The van der Waals surface area contributed by atoms with E-state index in [1.807, 2.05) is 62.1 Å². The third-order valence-electron chi connectivity index (χ3n) is 6.55. The van der Waals surface area contributed by atoms with Crippen molar-refractivity contribution >= 4 is 34.4 Å². The normalized spacial score (nSPS) is 14.1. The van der Waals surface area contributed by atoms with E-state index in [9.17, 15) is 14.4 Å². The van der Waals surface area contributed by atoms with E-state index in [0.717, 1.165) is 33.3 Å². The van der Waals surface area contributed by atoms with Crippen LogP contribution in [-0.4, -0.2) is 71.9 Å². The second-order valence-electron chi connectivity index (χ2n) is 9.37. The molecule has 1 saturated heterocycles. The molecule has 1 fully saturated rings. The zero-order valence-electron chi connectivity index (χ0n) is 21.3. The smallest absolute Gasteiger partial charge is 0.340 e. The van der Waals surface area contributed by atoms with Crippen LogP contribution in [0.4, 0.5) is 5.69 Å². The Balaban J connectivity index is 1.26. The van der Waals surface area contributed by atoms with E-state index in [4.69, 9.17) is 4.74 Å². The van der Waals surface area contributed by atoms with Crippen LogP contribution in [0.1, 0.15) is 32.7 Å². The lowest BCUT2D eigenvalue weighted by molar-refractivity contribution is -0.136. The van der Waals surface area contributed by atoms with Crippen LogP contribution >= 0.6 is 0 Å². The zero-order valence-corrected chi connectivity index (χ0v) is 21.3. The average molecular weight is 489 g/mol. The fourth-order valence-electron chi connectivity index (χ4n) is 4.44. The fraction of sp³-hybridized carbons (Fsp3) is 0.357. The van der Waals surface area contributed by atoms with Gasteiger partial charge in [-0.25, -0.2) is 4.79 Å². The Morgan fingerprint density at radius 2 is 1.64 bits per heavy atom. The molecule has 2 amide bonds. The Morgan fingerprint density at radius 1 is 0.944 bits per heavy atom. The van der Waals surface area contributed by atoms with Gasteiger partial charge in [0.2, 0.25) is 5.91 Å². The molecule has 36 heavy (non-hydrogen) atoms. The Hall–Kier alpha value is -3.78. The highest BCUT2D eigenvalue weighted by molar-refractivity contribution is 5.96. The largest absolute Gasteiger partial charge is 0.452 e. The monoisotopic (exact) mass is 488 g/mol. The van der Waals surface area contributed by atoms with Crippen LogP contribution in [-0.2, 0) is 14.3 Å². The minimum absolute atomic E-state index is 0.0735. The number of ether oxygens (including phenoxy) is 1. The molecule has 0 saturated carbocycles. The number of pyridine rings is 1. The van der Waals surface area contributed by atoms with Crippen molar-refractivity contribution in [2.75, 3.05) is 44.6 Å². The van der Waals surface area contributed by atoms with E-state index < -0.39 is 5.97 Å². The predicted molar refractivity (Wildman–Crippen MR) is 139 cm³/mol. The summed E-state index contributed by atoms with van der Waals surface area (Å²) >= 11 is 0. The Morgan fingerprint density at radius 3 is 2.33 bits per heavy atom. The maximum Gasteiger partial charge on any atom is 0.340 e. The van der Waals surface area contributed by atoms with Crippen LogP contribution in [0, 0.1) is 27.7 Å². The van der Waals surface area contributed by atoms with Gasteiger partial charge in [0.15, 0.2) is 6.61 Å². The Labute approximate surface area is 211 Å². The molecule has 2 heterocycles. The molecule has 3 aromatic rings. The van der Waals surface area contributed by atoms with Crippen molar-refractivity contribution in [1.82, 2.24) is 14.8 Å². The zero-order chi connectivity index (χ0) is 25.8. The van der Waals surface area contributed by atoms with Gasteiger partial charge in [0.25, 0.3) is 5.91 Å². The number of amides is 2. The summed E-state index contributed by atoms with van der Waals surface area (Å²) in [5.41, 5.74) is 5.72. The molecule has 188 valence electrons. The third-order valence-corrected chi connectivity index (χ3v) is 6.55. The molecule has 1 aliphatic heterocycles. The summed E-state index contributed by atoms with van der Waals surface area (Å²) in [6.45, 7) is 9.72. The number of para-hydroxylation sites is 1. The molecule has 0 radical (unpaired) electrons. The van der Waals surface area contributed by atoms with Gasteiger partial charge in [0.1, 0.15) is 0 Å². The summed E-state index contributed by atoms with van der Waals surface area (Å²) in [4.78, 5) is 46.0. The average Bonchev–Trinajstić information content (AvgIpc) is 2.85. The second-order valence-corrected chi connectivity index (χ2v) is 9.37. The number of nitrogens with zero attached hydrogens (tertiary/aromatic N) is 3. The van der Waals surface area contributed by atoms with Gasteiger partial charge in [-0.2, -0.15) is 0 Å². The summed E-state index contributed by atoms with van der Waals surface area (Å²) in [6.07, 6.45) is 0. The molecule has 1 aromatic heterocycles. The summed E-state index contributed by atoms with van der Waals surface area (Å²) in [7, 11) is 0. The number of nitrogens with one attached hydrogen (secondary N) is 1. The fourth-order valence-corrected chi connectivity index (χ4v) is 4.44. The van der Waals surface area contributed by atoms with Gasteiger partial charge in [0.05, 0.1) is 23.3 Å². The van der Waals surface area contributed by atoms with Crippen molar-refractivity contribution in [1.29, 1.82) is 0 Å². The number of aryl methyl sites for hydroxylation is 4. The highest BCUT2D eigenvalue weighted by atomic mass is 16.5. The SMILES string of the molecule is Cc1ccc2nc(C)c(C(=O)OCC(=O)N3CCN(CC(=O)Nc4c(C)cccc4C)CC3)cc2c1. The van der Waals surface area contributed by atoms with E-state index in [1.54, 1.807) is 17.9 Å². The second kappa shape index (κ2) is 10.9. The molecule has 1 N–H and O–H groups in total. The van der Waals surface area contributed by atoms with Crippen LogP contribution in [0.2, 0.25) is 0 Å². The lowest BCUT2D eigenvalue weighted by atomic mass is 10.1. The van der Waals surface area contributed by atoms with Gasteiger partial charge in [-0.15, -0.1) is 0 Å². The molecule has 0 atom stereocenters. The van der Waals surface area contributed by atoms with E-state index in [-0.39, 0.29) is 25.0 Å². The predicted octanol–water partition coefficient (Wildman–Crippen LogP) is 3.41. The number of piperazine rings is 1. The van der Waals surface area contributed by atoms with E-state index in [0.29, 0.717) is 37.4 Å². The molecule has 2 aromatic carbocycles. The molecular weight excluding hydrogens is 456 g/mol. The van der Waals surface area contributed by atoms with Crippen molar-refractivity contribution < 1.29 is 19.1 Å². The lowest BCUT2D eigenvalue weighted by Crippen LogP contribution is -2.51. The first-order valence-electron chi connectivity index (χ1n) is 12.1. The van der Waals surface area contributed by atoms with Gasteiger partial charge in [-0.05, 0) is 57.0 Å². The number of anilines is 1. The van der Waals surface area contributed by atoms with E-state index in [2.05, 4.69) is 10.3 Å². The Kier molecular flexibility index (Phi) is 7.64. The number of esters is 1. The number of benzene rings is 2. The number of hydrogen-bond donors (Lipinski definition) is 1. The number of rotatable bonds is 6. The first-order valence-corrected chi connectivity index (χ1v) is 12.1. The van der Waals surface area contributed by atoms with Crippen molar-refractivity contribution in [2.45, 2.75) is 27.7 Å². The highest BCUT2D eigenvalue weighted by Gasteiger charge is 2.24. The third kappa shape index (κ3) is 5.88. The Bertz CT molecular complexity index is 1290. The maximum atomic E-state index is 12.7. The van der Waals surface area contributed by atoms with Crippen LogP contribution in [0.3, 0.4) is 0 Å². The van der Waals surface area contributed by atoms with Crippen LogP contribution in [0.5, 0.6) is 0 Å². The van der Waals surface area contributed by atoms with Gasteiger partial charge in [-0.3, -0.25) is 19.5 Å². The summed E-state index contributed by atoms with van der Waals surface area (Å²) in [6, 6.07) is 13.5. The molecule has 1 aliphatic rings. The molecule has 8 heteroatoms. The molecule has 4 rings (SSSR count). The van der Waals surface area contributed by atoms with Crippen molar-refractivity contribution in [3.63, 3.8) is 0 Å². The first kappa shape index (κ1) is 25.3. The van der Waals surface area contributed by atoms with Crippen molar-refractivity contribution in [3.8, 4) is 0 Å². The molecule has 0 spiro atoms. The molecule has 0 bridgehead atoms. The maximum absolute atomic E-state index is 12.7.